The molecule has 1 saturated carbocycles. The minimum absolute atomic E-state index is 0.0518. The zero-order chi connectivity index (χ0) is 23.1. The van der Waals surface area contributed by atoms with E-state index in [1.807, 2.05) is 42.4 Å². The van der Waals surface area contributed by atoms with Crippen LogP contribution in [0.3, 0.4) is 0 Å². The lowest BCUT2D eigenvalue weighted by atomic mass is 9.87. The summed E-state index contributed by atoms with van der Waals surface area (Å²) >= 11 is 0. The predicted molar refractivity (Wildman–Crippen MR) is 126 cm³/mol. The largest absolute Gasteiger partial charge is 0.368 e. The number of Topliss-reactive ketones (excluding diaryl/α,β-unsaturated/α-hetero) is 1. The summed E-state index contributed by atoms with van der Waals surface area (Å²) in [6, 6.07) is 12.0. The highest BCUT2D eigenvalue weighted by Crippen LogP contribution is 2.37. The number of aromatic nitrogens is 2. The molecule has 3 aromatic rings. The molecule has 3 heterocycles. The minimum atomic E-state index is -0.391. The molecular weight excluding hydrogens is 419 g/mol. The highest BCUT2D eigenvalue weighted by Gasteiger charge is 2.32. The number of anilines is 2. The van der Waals surface area contributed by atoms with Crippen molar-refractivity contribution >= 4 is 28.3 Å². The Morgan fingerprint density at radius 2 is 1.82 bits per heavy atom. The number of nitrogens with zero attached hydrogens (tertiary/aromatic N) is 5. The van der Waals surface area contributed by atoms with Gasteiger partial charge in [-0.05, 0) is 57.1 Å². The first-order valence-corrected chi connectivity index (χ1v) is 11.4. The van der Waals surface area contributed by atoms with Crippen LogP contribution in [0.1, 0.15) is 41.7 Å². The average Bonchev–Trinajstić information content (AvgIpc) is 3.15. The molecule has 2 aliphatic rings. The molecular formula is C25H27FN6O. The Kier molecular flexibility index (Phi) is 5.51. The monoisotopic (exact) mass is 446 g/mol. The fourth-order valence-corrected chi connectivity index (χ4v) is 4.86. The maximum Gasteiger partial charge on any atom is 0.167 e. The molecule has 170 valence electrons. The van der Waals surface area contributed by atoms with Gasteiger partial charge in [0.1, 0.15) is 11.7 Å². The van der Waals surface area contributed by atoms with Crippen LogP contribution < -0.4 is 15.1 Å². The first-order valence-electron chi connectivity index (χ1n) is 11.4. The number of pyridine rings is 1. The number of carbonyl (C=O) groups excluding carboxylic acids is 1. The van der Waals surface area contributed by atoms with E-state index >= 15 is 4.39 Å². The number of piperazine rings is 1. The fraction of sp³-hybridized carbons (Fsp3) is 0.400. The van der Waals surface area contributed by atoms with Gasteiger partial charge in [0.2, 0.25) is 0 Å². The topological polar surface area (TPSA) is 77.2 Å². The predicted octanol–water partition coefficient (Wildman–Crippen LogP) is 3.50. The maximum absolute atomic E-state index is 15.1. The van der Waals surface area contributed by atoms with Crippen molar-refractivity contribution in [2.45, 2.75) is 31.8 Å². The van der Waals surface area contributed by atoms with E-state index < -0.39 is 5.82 Å². The van der Waals surface area contributed by atoms with Crippen molar-refractivity contribution in [3.05, 3.63) is 53.5 Å². The second-order valence-corrected chi connectivity index (χ2v) is 8.91. The van der Waals surface area contributed by atoms with Crippen molar-refractivity contribution < 1.29 is 9.18 Å². The molecule has 1 N–H and O–H groups in total. The van der Waals surface area contributed by atoms with Gasteiger partial charge in [-0.3, -0.25) is 4.79 Å². The molecule has 5 rings (SSSR count). The van der Waals surface area contributed by atoms with Crippen LogP contribution in [-0.2, 0) is 0 Å². The molecule has 2 aromatic heterocycles. The molecule has 1 saturated heterocycles. The number of hydrogen-bond acceptors (Lipinski definition) is 6. The third kappa shape index (κ3) is 3.83. The van der Waals surface area contributed by atoms with Gasteiger partial charge in [0, 0.05) is 61.1 Å². The SMILES string of the molecule is CN[C@H]1C[C@H](n2cc(C#N)c3cc(F)c(N4CCN(c5ccc(C(C)=O)cc5)CC4)nc32)C1. The van der Waals surface area contributed by atoms with Crippen molar-refractivity contribution in [1.29, 1.82) is 5.26 Å². The first kappa shape index (κ1) is 21.4. The zero-order valence-corrected chi connectivity index (χ0v) is 18.9. The Bertz CT molecular complexity index is 1230. The van der Waals surface area contributed by atoms with Crippen LogP contribution in [0.4, 0.5) is 15.9 Å². The smallest absolute Gasteiger partial charge is 0.167 e. The number of fused-ring (bicyclic) bond motifs is 1. The summed E-state index contributed by atoms with van der Waals surface area (Å²) in [6.07, 6.45) is 3.77. The van der Waals surface area contributed by atoms with Crippen LogP contribution in [0.25, 0.3) is 11.0 Å². The molecule has 1 aliphatic heterocycles. The summed E-state index contributed by atoms with van der Waals surface area (Å²) in [4.78, 5) is 20.5. The highest BCUT2D eigenvalue weighted by molar-refractivity contribution is 5.94. The number of ketones is 1. The Morgan fingerprint density at radius 3 is 2.42 bits per heavy atom. The van der Waals surface area contributed by atoms with Crippen LogP contribution in [0.15, 0.2) is 36.5 Å². The van der Waals surface area contributed by atoms with Gasteiger partial charge in [0.25, 0.3) is 0 Å². The van der Waals surface area contributed by atoms with Gasteiger partial charge in [0.05, 0.1) is 5.56 Å². The van der Waals surface area contributed by atoms with E-state index in [0.29, 0.717) is 47.1 Å². The number of rotatable bonds is 5. The number of hydrogen-bond donors (Lipinski definition) is 1. The Morgan fingerprint density at radius 1 is 1.15 bits per heavy atom. The Balaban J connectivity index is 1.37. The van der Waals surface area contributed by atoms with E-state index in [-0.39, 0.29) is 11.8 Å². The van der Waals surface area contributed by atoms with Crippen LogP contribution in [0, 0.1) is 17.1 Å². The fourth-order valence-electron chi connectivity index (χ4n) is 4.86. The standard InChI is InChI=1S/C25H27FN6O/c1-16(33)17-3-5-20(6-4-17)30-7-9-31(10-8-30)25-23(26)13-22-18(14-27)15-32(24(22)29-25)21-11-19(12-21)28-2/h3-6,13,15,19,21,28H,7-12H2,1-2H3/t19-,21-. The van der Waals surface area contributed by atoms with Gasteiger partial charge in [-0.25, -0.2) is 9.37 Å². The maximum atomic E-state index is 15.1. The molecule has 1 aliphatic carbocycles. The van der Waals surface area contributed by atoms with E-state index in [1.165, 1.54) is 6.07 Å². The van der Waals surface area contributed by atoms with Crippen molar-refractivity contribution in [3.63, 3.8) is 0 Å². The molecule has 1 aromatic carbocycles. The summed E-state index contributed by atoms with van der Waals surface area (Å²) in [5.41, 5.74) is 2.91. The third-order valence-electron chi connectivity index (χ3n) is 6.99. The molecule has 33 heavy (non-hydrogen) atoms. The molecule has 0 amide bonds. The van der Waals surface area contributed by atoms with Gasteiger partial charge < -0.3 is 19.7 Å². The Labute approximate surface area is 192 Å². The summed E-state index contributed by atoms with van der Waals surface area (Å²) in [7, 11) is 1.96. The number of benzene rings is 1. The first-order chi connectivity index (χ1) is 16.0. The van der Waals surface area contributed by atoms with Gasteiger partial charge in [-0.1, -0.05) is 0 Å². The summed E-state index contributed by atoms with van der Waals surface area (Å²) in [6.45, 7) is 4.30. The highest BCUT2D eigenvalue weighted by atomic mass is 19.1. The van der Waals surface area contributed by atoms with Gasteiger partial charge in [-0.15, -0.1) is 0 Å². The van der Waals surface area contributed by atoms with E-state index in [4.69, 9.17) is 4.98 Å². The quantitative estimate of drug-likeness (QED) is 0.605. The van der Waals surface area contributed by atoms with E-state index in [0.717, 1.165) is 31.6 Å². The lowest BCUT2D eigenvalue weighted by Crippen LogP contribution is -2.47. The molecule has 7 nitrogen and oxygen atoms in total. The van der Waals surface area contributed by atoms with E-state index in [1.54, 1.807) is 6.92 Å². The second kappa shape index (κ2) is 8.49. The van der Waals surface area contributed by atoms with Crippen molar-refractivity contribution in [3.8, 4) is 6.07 Å². The molecule has 0 radical (unpaired) electrons. The van der Waals surface area contributed by atoms with Crippen LogP contribution in [-0.4, -0.2) is 54.6 Å². The number of carbonyl (C=O) groups is 1. The third-order valence-corrected chi connectivity index (χ3v) is 6.99. The number of nitrogens with one attached hydrogen (secondary N) is 1. The molecule has 0 spiro atoms. The lowest BCUT2D eigenvalue weighted by Gasteiger charge is -2.37. The van der Waals surface area contributed by atoms with Crippen LogP contribution >= 0.6 is 0 Å². The van der Waals surface area contributed by atoms with Crippen molar-refractivity contribution in [2.24, 2.45) is 0 Å². The van der Waals surface area contributed by atoms with Gasteiger partial charge >= 0.3 is 0 Å². The van der Waals surface area contributed by atoms with Crippen molar-refractivity contribution in [2.75, 3.05) is 43.0 Å². The number of nitriles is 1. The van der Waals surface area contributed by atoms with Crippen molar-refractivity contribution in [1.82, 2.24) is 14.9 Å². The minimum Gasteiger partial charge on any atom is -0.368 e. The summed E-state index contributed by atoms with van der Waals surface area (Å²) in [5, 5.41) is 13.4. The van der Waals surface area contributed by atoms with E-state index in [2.05, 4.69) is 20.9 Å². The number of halogens is 1. The molecule has 8 heteroatoms. The molecule has 0 atom stereocenters. The van der Waals surface area contributed by atoms with Crippen LogP contribution in [0.5, 0.6) is 0 Å². The van der Waals surface area contributed by atoms with Crippen LogP contribution in [0.2, 0.25) is 0 Å². The van der Waals surface area contributed by atoms with Gasteiger partial charge in [0.15, 0.2) is 17.4 Å². The molecule has 2 fully saturated rings. The second-order valence-electron chi connectivity index (χ2n) is 8.91. The summed E-state index contributed by atoms with van der Waals surface area (Å²) in [5.74, 6) is 0.0103. The normalized spacial score (nSPS) is 20.5. The summed E-state index contributed by atoms with van der Waals surface area (Å²) < 4.78 is 17.2. The van der Waals surface area contributed by atoms with Gasteiger partial charge in [-0.2, -0.15) is 5.26 Å². The Hall–Kier alpha value is -3.44. The van der Waals surface area contributed by atoms with E-state index in [9.17, 15) is 10.1 Å². The lowest BCUT2D eigenvalue weighted by molar-refractivity contribution is 0.101. The zero-order valence-electron chi connectivity index (χ0n) is 18.9. The molecule has 0 unspecified atom stereocenters. The average molecular weight is 447 g/mol. The molecule has 0 bridgehead atoms.